The molecule has 0 aliphatic carbocycles. The van der Waals surface area contributed by atoms with Crippen LogP contribution in [0.1, 0.15) is 10.4 Å². The molecule has 3 nitrogen and oxygen atoms in total. The number of esters is 1. The van der Waals surface area contributed by atoms with Crippen LogP contribution in [0.2, 0.25) is 10.2 Å². The number of methoxy groups -OCH3 is 1. The predicted octanol–water partition coefficient (Wildman–Crippen LogP) is 2.17. The van der Waals surface area contributed by atoms with Crippen molar-refractivity contribution in [2.75, 3.05) is 7.11 Å². The van der Waals surface area contributed by atoms with Gasteiger partial charge in [0.2, 0.25) is 0 Å². The third-order valence-electron chi connectivity index (χ3n) is 1.23. The Hall–Kier alpha value is -0.800. The van der Waals surface area contributed by atoms with Crippen LogP contribution >= 0.6 is 23.2 Å². The Balaban J connectivity index is 3.13. The molecule has 0 atom stereocenters. The first-order valence-corrected chi connectivity index (χ1v) is 3.80. The summed E-state index contributed by atoms with van der Waals surface area (Å²) in [5.41, 5.74) is 0.221. The fraction of sp³-hybridized carbons (Fsp3) is 0.143. The molecule has 0 aliphatic rings. The molecule has 0 bridgehead atoms. The van der Waals surface area contributed by atoms with Crippen LogP contribution < -0.4 is 0 Å². The highest BCUT2D eigenvalue weighted by atomic mass is 35.5. The van der Waals surface area contributed by atoms with Gasteiger partial charge in [-0.3, -0.25) is 0 Å². The molecule has 0 aliphatic heterocycles. The normalized spacial score (nSPS) is 9.58. The van der Waals surface area contributed by atoms with Gasteiger partial charge in [-0.05, 0) is 6.07 Å². The van der Waals surface area contributed by atoms with E-state index in [2.05, 4.69) is 9.72 Å². The summed E-state index contributed by atoms with van der Waals surface area (Å²) < 4.78 is 4.46. The van der Waals surface area contributed by atoms with Crippen molar-refractivity contribution in [2.45, 2.75) is 0 Å². The van der Waals surface area contributed by atoms with E-state index >= 15 is 0 Å². The highest BCUT2D eigenvalue weighted by Gasteiger charge is 2.10. The van der Waals surface area contributed by atoms with E-state index in [1.807, 2.05) is 0 Å². The molecule has 0 unspecified atom stereocenters. The second-order valence-electron chi connectivity index (χ2n) is 1.98. The molecule has 12 heavy (non-hydrogen) atoms. The van der Waals surface area contributed by atoms with Gasteiger partial charge in [0, 0.05) is 6.20 Å². The van der Waals surface area contributed by atoms with Crippen molar-refractivity contribution in [1.29, 1.82) is 0 Å². The van der Waals surface area contributed by atoms with Crippen LogP contribution in [0.25, 0.3) is 0 Å². The number of rotatable bonds is 1. The van der Waals surface area contributed by atoms with E-state index in [4.69, 9.17) is 23.2 Å². The van der Waals surface area contributed by atoms with Crippen molar-refractivity contribution >= 4 is 29.2 Å². The van der Waals surface area contributed by atoms with Crippen LogP contribution in [-0.4, -0.2) is 18.1 Å². The van der Waals surface area contributed by atoms with Crippen LogP contribution in [0, 0.1) is 0 Å². The monoisotopic (exact) mass is 205 g/mol. The maximum Gasteiger partial charge on any atom is 0.339 e. The Morgan fingerprint density at radius 2 is 2.25 bits per heavy atom. The minimum Gasteiger partial charge on any atom is -0.465 e. The van der Waals surface area contributed by atoms with E-state index in [9.17, 15) is 4.79 Å². The smallest absolute Gasteiger partial charge is 0.339 e. The van der Waals surface area contributed by atoms with Gasteiger partial charge in [-0.1, -0.05) is 23.2 Å². The van der Waals surface area contributed by atoms with E-state index < -0.39 is 5.97 Å². The zero-order chi connectivity index (χ0) is 9.14. The van der Waals surface area contributed by atoms with Crippen LogP contribution in [-0.2, 0) is 4.74 Å². The summed E-state index contributed by atoms with van der Waals surface area (Å²) in [6, 6.07) is 1.36. The zero-order valence-corrected chi connectivity index (χ0v) is 7.69. The van der Waals surface area contributed by atoms with Crippen LogP contribution in [0.5, 0.6) is 0 Å². The van der Waals surface area contributed by atoms with E-state index in [0.717, 1.165) is 0 Å². The zero-order valence-electron chi connectivity index (χ0n) is 6.17. The number of carbonyl (C=O) groups is 1. The van der Waals surface area contributed by atoms with Crippen molar-refractivity contribution < 1.29 is 9.53 Å². The summed E-state index contributed by atoms with van der Waals surface area (Å²) in [7, 11) is 1.27. The molecular formula is C7H5Cl2NO2. The molecule has 0 radical (unpaired) electrons. The average molecular weight is 206 g/mol. The second kappa shape index (κ2) is 3.74. The molecule has 0 saturated heterocycles. The summed E-state index contributed by atoms with van der Waals surface area (Å²) in [6.45, 7) is 0. The lowest BCUT2D eigenvalue weighted by molar-refractivity contribution is 0.0601. The van der Waals surface area contributed by atoms with Crippen molar-refractivity contribution in [1.82, 2.24) is 4.98 Å². The van der Waals surface area contributed by atoms with Crippen molar-refractivity contribution in [3.8, 4) is 0 Å². The summed E-state index contributed by atoms with van der Waals surface area (Å²) >= 11 is 11.2. The molecule has 1 aromatic heterocycles. The fourth-order valence-electron chi connectivity index (χ4n) is 0.680. The number of halogens is 2. The first-order chi connectivity index (χ1) is 5.65. The molecule has 1 aromatic rings. The molecule has 0 saturated carbocycles. The summed E-state index contributed by atoms with van der Waals surface area (Å²) in [6.07, 6.45) is 1.30. The molecular weight excluding hydrogens is 201 g/mol. The summed E-state index contributed by atoms with van der Waals surface area (Å²) in [4.78, 5) is 14.7. The van der Waals surface area contributed by atoms with Gasteiger partial charge >= 0.3 is 5.97 Å². The lowest BCUT2D eigenvalue weighted by atomic mass is 10.3. The topological polar surface area (TPSA) is 39.2 Å². The maximum atomic E-state index is 11.0. The number of aromatic nitrogens is 1. The minimum atomic E-state index is -0.524. The number of ether oxygens (including phenoxy) is 1. The minimum absolute atomic E-state index is 0.208. The van der Waals surface area contributed by atoms with E-state index in [0.29, 0.717) is 0 Å². The highest BCUT2D eigenvalue weighted by molar-refractivity contribution is 6.34. The number of hydrogen-bond donors (Lipinski definition) is 0. The number of carbonyl (C=O) groups excluding carboxylic acids is 1. The van der Waals surface area contributed by atoms with Crippen molar-refractivity contribution in [2.24, 2.45) is 0 Å². The van der Waals surface area contributed by atoms with Gasteiger partial charge < -0.3 is 4.74 Å². The third kappa shape index (κ3) is 1.87. The molecule has 0 aromatic carbocycles. The third-order valence-corrected chi connectivity index (χ3v) is 1.74. The highest BCUT2D eigenvalue weighted by Crippen LogP contribution is 2.18. The summed E-state index contributed by atoms with van der Waals surface area (Å²) in [5, 5.41) is 0.436. The first-order valence-electron chi connectivity index (χ1n) is 3.04. The van der Waals surface area contributed by atoms with Gasteiger partial charge in [0.25, 0.3) is 0 Å². The van der Waals surface area contributed by atoms with Crippen molar-refractivity contribution in [3.63, 3.8) is 0 Å². The molecule has 1 rings (SSSR count). The Labute approximate surface area is 79.3 Å². The van der Waals surface area contributed by atoms with Crippen LogP contribution in [0.15, 0.2) is 12.3 Å². The van der Waals surface area contributed by atoms with Gasteiger partial charge in [-0.2, -0.15) is 0 Å². The van der Waals surface area contributed by atoms with Gasteiger partial charge in [0.1, 0.15) is 5.15 Å². The molecule has 0 N–H and O–H groups in total. The molecule has 0 spiro atoms. The Bertz CT molecular complexity index is 314. The number of hydrogen-bond acceptors (Lipinski definition) is 3. The lowest BCUT2D eigenvalue weighted by Crippen LogP contribution is -2.02. The summed E-state index contributed by atoms with van der Waals surface area (Å²) in [5.74, 6) is -0.524. The largest absolute Gasteiger partial charge is 0.465 e. The van der Waals surface area contributed by atoms with Gasteiger partial charge in [0.05, 0.1) is 17.7 Å². The van der Waals surface area contributed by atoms with Gasteiger partial charge in [-0.25, -0.2) is 9.78 Å². The molecule has 64 valence electrons. The molecule has 1 heterocycles. The standard InChI is InChI=1S/C7H5Cl2NO2/c1-12-7(11)4-2-6(9)10-3-5(4)8/h2-3H,1H3. The molecule has 0 fully saturated rings. The number of pyridine rings is 1. The first kappa shape index (κ1) is 9.29. The number of nitrogens with zero attached hydrogens (tertiary/aromatic N) is 1. The lowest BCUT2D eigenvalue weighted by Gasteiger charge is -2.00. The second-order valence-corrected chi connectivity index (χ2v) is 2.77. The Kier molecular flexibility index (Phi) is 2.89. The predicted molar refractivity (Wildman–Crippen MR) is 45.6 cm³/mol. The molecule has 5 heteroatoms. The molecule has 0 amide bonds. The maximum absolute atomic E-state index is 11.0. The van der Waals surface area contributed by atoms with E-state index in [1.54, 1.807) is 0 Å². The van der Waals surface area contributed by atoms with Crippen molar-refractivity contribution in [3.05, 3.63) is 28.0 Å². The van der Waals surface area contributed by atoms with Gasteiger partial charge in [0.15, 0.2) is 0 Å². The Morgan fingerprint density at radius 3 is 2.83 bits per heavy atom. The SMILES string of the molecule is COC(=O)c1cc(Cl)ncc1Cl. The van der Waals surface area contributed by atoms with E-state index in [-0.39, 0.29) is 15.7 Å². The van der Waals surface area contributed by atoms with Crippen LogP contribution in [0.3, 0.4) is 0 Å². The fourth-order valence-corrected chi connectivity index (χ4v) is 1.02. The average Bonchev–Trinajstić information content (AvgIpc) is 2.08. The quantitative estimate of drug-likeness (QED) is 0.522. The van der Waals surface area contributed by atoms with E-state index in [1.165, 1.54) is 19.4 Å². The van der Waals surface area contributed by atoms with Gasteiger partial charge in [-0.15, -0.1) is 0 Å². The van der Waals surface area contributed by atoms with Crippen LogP contribution in [0.4, 0.5) is 0 Å². The Morgan fingerprint density at radius 1 is 1.58 bits per heavy atom.